The Bertz CT molecular complexity index is 1760. The largest absolute Gasteiger partial charge is 1.00 e. The first-order valence-corrected chi connectivity index (χ1v) is 13.2. The molecule has 38 heavy (non-hydrogen) atoms. The van der Waals surface area contributed by atoms with E-state index in [1.54, 1.807) is 0 Å². The molecule has 0 spiro atoms. The fourth-order valence-corrected chi connectivity index (χ4v) is 5.24. The van der Waals surface area contributed by atoms with Crippen molar-refractivity contribution in [3.8, 4) is 0 Å². The molecule has 0 saturated heterocycles. The number of fused-ring (bicyclic) bond motifs is 1. The summed E-state index contributed by atoms with van der Waals surface area (Å²) >= 11 is 0. The van der Waals surface area contributed by atoms with E-state index < -0.39 is 83.6 Å². The van der Waals surface area contributed by atoms with Gasteiger partial charge in [-0.1, -0.05) is 6.07 Å². The quantitative estimate of drug-likeness (QED) is 0.118. The van der Waals surface area contributed by atoms with Crippen LogP contribution in [0.2, 0.25) is 0 Å². The van der Waals surface area contributed by atoms with Crippen molar-refractivity contribution in [2.24, 2.45) is 0 Å². The van der Waals surface area contributed by atoms with E-state index >= 15 is 0 Å². The molecule has 3 aromatic carbocycles. The maximum Gasteiger partial charge on any atom is 1.00 e. The van der Waals surface area contributed by atoms with Gasteiger partial charge in [-0.05, 0) is 42.8 Å². The molecule has 0 aliphatic rings. The fourth-order valence-electron chi connectivity index (χ4n) is 3.23. The van der Waals surface area contributed by atoms with Gasteiger partial charge in [-0.3, -0.25) is 14.9 Å². The van der Waals surface area contributed by atoms with E-state index in [4.69, 9.17) is 0 Å². The zero-order chi connectivity index (χ0) is 26.5. The summed E-state index contributed by atoms with van der Waals surface area (Å²) in [6, 6.07) is 5.32. The van der Waals surface area contributed by atoms with Gasteiger partial charge in [0.2, 0.25) is 0 Å². The number of rotatable bonds is 6. The van der Waals surface area contributed by atoms with Crippen LogP contribution in [-0.4, -0.2) is 49.7 Å². The van der Waals surface area contributed by atoms with Crippen molar-refractivity contribution in [1.82, 2.24) is 0 Å². The summed E-state index contributed by atoms with van der Waals surface area (Å²) in [5.74, 6) is -1.19. The number of benzene rings is 3. The van der Waals surface area contributed by atoms with Crippen LogP contribution in [0.1, 0.15) is 15.9 Å². The fraction of sp³-hybridized carbons (Fsp3) is 0.0556. The Labute approximate surface area is 282 Å². The van der Waals surface area contributed by atoms with Gasteiger partial charge in [-0.2, -0.15) is 0 Å². The third-order valence-corrected chi connectivity index (χ3v) is 7.25. The van der Waals surface area contributed by atoms with E-state index in [0.29, 0.717) is 17.7 Å². The smallest absolute Gasteiger partial charge is 0.744 e. The minimum Gasteiger partial charge on any atom is -0.744 e. The standard InChI is InChI=1S/C18H14N2O12S3.3Na/c1-9-2-3-11(14(6-9)20(22)23)18(21)19-13-4-5-15(34(27,28)29)12-7-10(33(24,25)26)8-16(17(12)13)35(30,31)32;;;/h2-8H,1H3,(H,19,21)(H,24,25,26)(H,27,28,29)(H,30,31,32);;;/q;3*+1/p-3. The molecule has 0 fully saturated rings. The molecule has 0 bridgehead atoms. The molecule has 0 saturated carbocycles. The van der Waals surface area contributed by atoms with E-state index in [0.717, 1.165) is 18.2 Å². The van der Waals surface area contributed by atoms with E-state index in [9.17, 15) is 53.8 Å². The summed E-state index contributed by atoms with van der Waals surface area (Å²) in [5, 5.41) is 11.6. The average molecular weight is 612 g/mol. The second kappa shape index (κ2) is 13.5. The number of nitro groups is 1. The summed E-state index contributed by atoms with van der Waals surface area (Å²) < 4.78 is 105. The number of nitrogens with one attached hydrogen (secondary N) is 1. The SMILES string of the molecule is Cc1ccc(C(=O)Nc2ccc(S(=O)(=O)[O-])c3cc(S(=O)(=O)[O-])cc(S(=O)(=O)[O-])c23)c([N+](=O)[O-])c1.[Na+].[Na+].[Na+]. The van der Waals surface area contributed by atoms with Crippen LogP contribution in [0.15, 0.2) is 57.2 Å². The van der Waals surface area contributed by atoms with Crippen LogP contribution in [0.25, 0.3) is 10.8 Å². The number of carbonyl (C=O) groups is 1. The topological polar surface area (TPSA) is 244 Å². The Kier molecular flexibility index (Phi) is 13.3. The maximum atomic E-state index is 12.8. The number of hydrogen-bond acceptors (Lipinski definition) is 12. The van der Waals surface area contributed by atoms with E-state index in [2.05, 4.69) is 5.32 Å². The summed E-state index contributed by atoms with van der Waals surface area (Å²) in [5.41, 5.74) is -1.33. The van der Waals surface area contributed by atoms with Gasteiger partial charge in [0, 0.05) is 16.8 Å². The molecule has 14 nitrogen and oxygen atoms in total. The molecular formula is C18H11N2Na3O12S3. The molecule has 0 aliphatic carbocycles. The van der Waals surface area contributed by atoms with Crippen LogP contribution in [0.5, 0.6) is 0 Å². The van der Waals surface area contributed by atoms with Gasteiger partial charge in [0.05, 0.1) is 25.3 Å². The van der Waals surface area contributed by atoms with Gasteiger partial charge in [0.1, 0.15) is 35.9 Å². The molecule has 1 N–H and O–H groups in total. The number of aryl methyl sites for hydroxylation is 1. The number of carbonyl (C=O) groups excluding carboxylic acids is 1. The number of nitrogens with zero attached hydrogens (tertiary/aromatic N) is 1. The molecule has 0 aliphatic heterocycles. The Morgan fingerprint density at radius 2 is 1.34 bits per heavy atom. The van der Waals surface area contributed by atoms with Crippen LogP contribution in [0.3, 0.4) is 0 Å². The minimum absolute atomic E-state index is 0. The first-order chi connectivity index (χ1) is 15.9. The van der Waals surface area contributed by atoms with E-state index in [1.807, 2.05) is 0 Å². The second-order valence-electron chi connectivity index (χ2n) is 7.05. The molecule has 186 valence electrons. The summed E-state index contributed by atoms with van der Waals surface area (Å²) in [7, 11) is -16.5. The predicted molar refractivity (Wildman–Crippen MR) is 114 cm³/mol. The zero-order valence-electron chi connectivity index (χ0n) is 20.1. The monoisotopic (exact) mass is 612 g/mol. The van der Waals surface area contributed by atoms with Gasteiger partial charge < -0.3 is 19.0 Å². The Morgan fingerprint density at radius 1 is 0.789 bits per heavy atom. The predicted octanol–water partition coefficient (Wildman–Crippen LogP) is -7.97. The molecule has 0 atom stereocenters. The van der Waals surface area contributed by atoms with Crippen molar-refractivity contribution in [3.63, 3.8) is 0 Å². The number of hydrogen-bond donors (Lipinski definition) is 1. The summed E-state index contributed by atoms with van der Waals surface area (Å²) in [6.45, 7) is 1.51. The van der Waals surface area contributed by atoms with Crippen molar-refractivity contribution < 1.29 is 137 Å². The molecule has 0 radical (unpaired) electrons. The zero-order valence-corrected chi connectivity index (χ0v) is 28.6. The third-order valence-electron chi connectivity index (χ3n) is 4.68. The number of nitro benzene ring substituents is 1. The number of amides is 1. The van der Waals surface area contributed by atoms with Gasteiger partial charge >= 0.3 is 88.7 Å². The summed E-state index contributed by atoms with van der Waals surface area (Å²) in [4.78, 5) is 19.3. The van der Waals surface area contributed by atoms with Crippen LogP contribution in [0, 0.1) is 17.0 Å². The molecule has 3 rings (SSSR count). The first-order valence-electron chi connectivity index (χ1n) is 8.96. The van der Waals surface area contributed by atoms with E-state index in [-0.39, 0.29) is 94.7 Å². The van der Waals surface area contributed by atoms with Crippen molar-refractivity contribution in [1.29, 1.82) is 0 Å². The Hall–Kier alpha value is -0.480. The van der Waals surface area contributed by atoms with Gasteiger partial charge in [-0.15, -0.1) is 0 Å². The van der Waals surface area contributed by atoms with Crippen molar-refractivity contribution >= 4 is 58.4 Å². The molecule has 20 heteroatoms. The van der Waals surface area contributed by atoms with Crippen molar-refractivity contribution in [2.75, 3.05) is 5.32 Å². The molecular weight excluding hydrogens is 601 g/mol. The normalized spacial score (nSPS) is 11.5. The molecule has 3 aromatic rings. The third kappa shape index (κ3) is 8.27. The minimum atomic E-state index is -5.63. The molecule has 0 heterocycles. The van der Waals surface area contributed by atoms with Crippen LogP contribution >= 0.6 is 0 Å². The molecule has 0 aromatic heterocycles. The Morgan fingerprint density at radius 3 is 1.82 bits per heavy atom. The van der Waals surface area contributed by atoms with Gasteiger partial charge in [0.25, 0.3) is 11.6 Å². The van der Waals surface area contributed by atoms with Gasteiger partial charge in [-0.25, -0.2) is 25.3 Å². The van der Waals surface area contributed by atoms with Crippen molar-refractivity contribution in [3.05, 3.63) is 63.7 Å². The summed E-state index contributed by atoms with van der Waals surface area (Å²) in [6.07, 6.45) is 0. The van der Waals surface area contributed by atoms with Gasteiger partial charge in [0.15, 0.2) is 0 Å². The van der Waals surface area contributed by atoms with E-state index in [1.165, 1.54) is 13.0 Å². The second-order valence-corrected chi connectivity index (χ2v) is 11.1. The number of anilines is 1. The maximum absolute atomic E-state index is 12.8. The van der Waals surface area contributed by atoms with Crippen LogP contribution in [0.4, 0.5) is 11.4 Å². The molecule has 1 amide bonds. The van der Waals surface area contributed by atoms with Crippen LogP contribution < -0.4 is 94.0 Å². The molecule has 0 unspecified atom stereocenters. The Balaban J connectivity index is 0.00000456. The van der Waals surface area contributed by atoms with Crippen LogP contribution in [-0.2, 0) is 30.4 Å². The average Bonchev–Trinajstić information content (AvgIpc) is 2.70. The first kappa shape index (κ1) is 37.5. The van der Waals surface area contributed by atoms with Crippen molar-refractivity contribution in [2.45, 2.75) is 21.6 Å².